The Morgan fingerprint density at radius 2 is 1.67 bits per heavy atom. The molecule has 2 aromatic heterocycles. The Kier molecular flexibility index (Phi) is 9.43. The van der Waals surface area contributed by atoms with Gasteiger partial charge in [-0.2, -0.15) is 0 Å². The SMILES string of the molecule is C[C@@H](NC(=O)c1cncc(C2CCN(C(=O)C3COC3)CC2)c1)c1ccc(C(=C2CC3(C2)CN(C(=O)OC(C)(C)C)C3)c2ccc(F)cn2)cc1. The highest BCUT2D eigenvalue weighted by atomic mass is 19.1. The Labute approximate surface area is 298 Å². The quantitative estimate of drug-likeness (QED) is 0.309. The zero-order valence-corrected chi connectivity index (χ0v) is 29.8. The number of aromatic nitrogens is 2. The summed E-state index contributed by atoms with van der Waals surface area (Å²) in [5, 5.41) is 3.12. The number of piperidine rings is 1. The molecule has 0 radical (unpaired) electrons. The number of ether oxygens (including phenoxy) is 2. The second-order valence-corrected chi connectivity index (χ2v) is 15.7. The number of hydrogen-bond acceptors (Lipinski definition) is 7. The van der Waals surface area contributed by atoms with E-state index in [2.05, 4.69) is 15.3 Å². The summed E-state index contributed by atoms with van der Waals surface area (Å²) in [4.78, 5) is 51.0. The number of rotatable bonds is 7. The molecule has 1 N–H and O–H groups in total. The minimum atomic E-state index is -0.533. The van der Waals surface area contributed by atoms with E-state index < -0.39 is 11.4 Å². The third-order valence-corrected chi connectivity index (χ3v) is 10.6. The van der Waals surface area contributed by atoms with Gasteiger partial charge in [-0.3, -0.25) is 19.6 Å². The van der Waals surface area contributed by atoms with Crippen molar-refractivity contribution in [2.45, 2.75) is 70.9 Å². The molecule has 10 nitrogen and oxygen atoms in total. The van der Waals surface area contributed by atoms with Gasteiger partial charge < -0.3 is 24.6 Å². The normalized spacial score (nSPS) is 19.4. The predicted molar refractivity (Wildman–Crippen MR) is 189 cm³/mol. The second-order valence-electron chi connectivity index (χ2n) is 15.7. The smallest absolute Gasteiger partial charge is 0.410 e. The van der Waals surface area contributed by atoms with Crippen molar-refractivity contribution in [3.8, 4) is 0 Å². The van der Waals surface area contributed by atoms with Crippen LogP contribution in [0.3, 0.4) is 0 Å². The third-order valence-electron chi connectivity index (χ3n) is 10.6. The molecule has 7 rings (SSSR count). The van der Waals surface area contributed by atoms with Crippen molar-refractivity contribution in [1.29, 1.82) is 0 Å². The highest BCUT2D eigenvalue weighted by Crippen LogP contribution is 2.54. The van der Waals surface area contributed by atoms with E-state index >= 15 is 0 Å². The standard InChI is InChI=1S/C40H46FN5O5/c1-25(44-36(47)30-15-29(18-42-19-30)27-11-13-45(14-12-27)37(48)32-21-50-22-32)26-5-7-28(8-6-26)35(34-10-9-33(41)20-43-34)31-16-40(17-31)23-46(24-40)38(49)51-39(2,3)4/h5-10,15,18-20,25,27,32H,11-14,16-17,21-24H2,1-4H3,(H,44,47)/t25-/m1/s1. The first kappa shape index (κ1) is 34.8. The molecule has 0 unspecified atom stereocenters. The van der Waals surface area contributed by atoms with Gasteiger partial charge in [-0.05, 0) is 94.2 Å². The molecule has 4 fully saturated rings. The highest BCUT2D eigenvalue weighted by Gasteiger charge is 2.53. The Bertz CT molecular complexity index is 1810. The van der Waals surface area contributed by atoms with Crippen LogP contribution in [0.15, 0.2) is 66.6 Å². The first-order valence-corrected chi connectivity index (χ1v) is 17.9. The summed E-state index contributed by atoms with van der Waals surface area (Å²) in [6.07, 6.45) is 7.72. The molecule has 1 saturated carbocycles. The largest absolute Gasteiger partial charge is 0.444 e. The number of nitrogens with zero attached hydrogens (tertiary/aromatic N) is 4. The van der Waals surface area contributed by atoms with Gasteiger partial charge in [0.25, 0.3) is 5.91 Å². The Morgan fingerprint density at radius 1 is 0.961 bits per heavy atom. The number of halogens is 1. The van der Waals surface area contributed by atoms with Crippen molar-refractivity contribution < 1.29 is 28.2 Å². The number of benzene rings is 1. The zero-order valence-electron chi connectivity index (χ0n) is 29.8. The van der Waals surface area contributed by atoms with E-state index in [4.69, 9.17) is 9.47 Å². The molecule has 3 aliphatic heterocycles. The van der Waals surface area contributed by atoms with Gasteiger partial charge in [0.15, 0.2) is 0 Å². The molecular formula is C40H46FN5O5. The molecule has 3 amide bonds. The molecule has 51 heavy (non-hydrogen) atoms. The Hall–Kier alpha value is -4.64. The number of amides is 3. The topological polar surface area (TPSA) is 114 Å². The van der Waals surface area contributed by atoms with Crippen LogP contribution < -0.4 is 5.32 Å². The average molecular weight is 696 g/mol. The van der Waals surface area contributed by atoms with Crippen molar-refractivity contribution in [1.82, 2.24) is 25.1 Å². The van der Waals surface area contributed by atoms with E-state index in [9.17, 15) is 18.8 Å². The predicted octanol–water partition coefficient (Wildman–Crippen LogP) is 6.29. The summed E-state index contributed by atoms with van der Waals surface area (Å²) >= 11 is 0. The number of pyridine rings is 2. The van der Waals surface area contributed by atoms with Gasteiger partial charge in [0.1, 0.15) is 11.4 Å². The molecule has 0 bridgehead atoms. The number of carbonyl (C=O) groups excluding carboxylic acids is 3. The first-order chi connectivity index (χ1) is 24.4. The van der Waals surface area contributed by atoms with Crippen LogP contribution in [0.5, 0.6) is 0 Å². The van der Waals surface area contributed by atoms with Crippen LogP contribution >= 0.6 is 0 Å². The maximum Gasteiger partial charge on any atom is 0.410 e. The maximum atomic E-state index is 13.9. The van der Waals surface area contributed by atoms with E-state index in [1.54, 1.807) is 17.2 Å². The van der Waals surface area contributed by atoms with Gasteiger partial charge in [0.2, 0.25) is 5.91 Å². The number of hydrogen-bond donors (Lipinski definition) is 1. The lowest BCUT2D eigenvalue weighted by Gasteiger charge is -2.57. The lowest BCUT2D eigenvalue weighted by molar-refractivity contribution is -0.150. The number of carbonyl (C=O) groups is 3. The van der Waals surface area contributed by atoms with Gasteiger partial charge in [0, 0.05) is 49.6 Å². The second kappa shape index (κ2) is 13.8. The summed E-state index contributed by atoms with van der Waals surface area (Å²) < 4.78 is 24.6. The molecule has 3 saturated heterocycles. The monoisotopic (exact) mass is 695 g/mol. The van der Waals surface area contributed by atoms with Crippen LogP contribution in [0.2, 0.25) is 0 Å². The minimum absolute atomic E-state index is 0.00187. The first-order valence-electron chi connectivity index (χ1n) is 17.9. The van der Waals surface area contributed by atoms with Crippen LogP contribution in [-0.2, 0) is 14.3 Å². The van der Waals surface area contributed by atoms with Gasteiger partial charge >= 0.3 is 6.09 Å². The summed E-state index contributed by atoms with van der Waals surface area (Å²) in [7, 11) is 0. The molecule has 3 aromatic rings. The van der Waals surface area contributed by atoms with Crippen LogP contribution in [-0.4, -0.2) is 82.7 Å². The van der Waals surface area contributed by atoms with Crippen LogP contribution in [0.1, 0.15) is 98.1 Å². The molecule has 11 heteroatoms. The van der Waals surface area contributed by atoms with Crippen molar-refractivity contribution in [2.75, 3.05) is 39.4 Å². The molecule has 1 atom stereocenters. The van der Waals surface area contributed by atoms with E-state index in [1.165, 1.54) is 17.8 Å². The fourth-order valence-corrected chi connectivity index (χ4v) is 7.71. The summed E-state index contributed by atoms with van der Waals surface area (Å²) in [6.45, 7) is 11.3. The molecule has 5 heterocycles. The summed E-state index contributed by atoms with van der Waals surface area (Å²) in [5.41, 5.74) is 5.85. The molecule has 4 aliphatic rings. The molecule has 1 spiro atoms. The van der Waals surface area contributed by atoms with E-state index in [0.717, 1.165) is 47.9 Å². The number of allylic oxidation sites excluding steroid dienone is 1. The van der Waals surface area contributed by atoms with Crippen LogP contribution in [0.25, 0.3) is 5.57 Å². The highest BCUT2D eigenvalue weighted by molar-refractivity contribution is 5.94. The lowest BCUT2D eigenvalue weighted by Crippen LogP contribution is -2.62. The Balaban J connectivity index is 0.992. The van der Waals surface area contributed by atoms with Crippen molar-refractivity contribution in [3.63, 3.8) is 0 Å². The number of nitrogens with one attached hydrogen (secondary N) is 1. The van der Waals surface area contributed by atoms with Gasteiger partial charge in [0.05, 0.1) is 42.6 Å². The van der Waals surface area contributed by atoms with Crippen molar-refractivity contribution in [2.24, 2.45) is 11.3 Å². The van der Waals surface area contributed by atoms with E-state index in [0.29, 0.717) is 50.7 Å². The fraction of sp³-hybridized carbons (Fsp3) is 0.475. The van der Waals surface area contributed by atoms with Gasteiger partial charge in [-0.15, -0.1) is 0 Å². The summed E-state index contributed by atoms with van der Waals surface area (Å²) in [6, 6.07) is 12.9. The van der Waals surface area contributed by atoms with Crippen molar-refractivity contribution >= 4 is 23.5 Å². The van der Waals surface area contributed by atoms with E-state index in [1.807, 2.05) is 69.1 Å². The van der Waals surface area contributed by atoms with Crippen molar-refractivity contribution in [3.05, 3.63) is 100 Å². The number of likely N-dealkylation sites (tertiary alicyclic amines) is 2. The fourth-order valence-electron chi connectivity index (χ4n) is 7.71. The zero-order chi connectivity index (χ0) is 35.9. The lowest BCUT2D eigenvalue weighted by atomic mass is 9.59. The minimum Gasteiger partial charge on any atom is -0.444 e. The maximum absolute atomic E-state index is 13.9. The van der Waals surface area contributed by atoms with E-state index in [-0.39, 0.29) is 41.2 Å². The molecule has 1 aromatic carbocycles. The third kappa shape index (κ3) is 7.54. The van der Waals surface area contributed by atoms with Crippen LogP contribution in [0, 0.1) is 17.2 Å². The Morgan fingerprint density at radius 3 is 2.27 bits per heavy atom. The van der Waals surface area contributed by atoms with Gasteiger partial charge in [-0.25, -0.2) is 9.18 Å². The summed E-state index contributed by atoms with van der Waals surface area (Å²) in [5.74, 6) is -0.154. The molecule has 268 valence electrons. The molecule has 1 aliphatic carbocycles. The molecular weight excluding hydrogens is 649 g/mol. The average Bonchev–Trinajstić information content (AvgIpc) is 3.04. The van der Waals surface area contributed by atoms with Gasteiger partial charge in [-0.1, -0.05) is 29.8 Å². The van der Waals surface area contributed by atoms with Crippen LogP contribution in [0.4, 0.5) is 9.18 Å².